The fourth-order valence-corrected chi connectivity index (χ4v) is 13.0. The Morgan fingerprint density at radius 2 is 0.829 bits per heavy atom. The highest BCUT2D eigenvalue weighted by atomic mass is 32.1. The summed E-state index contributed by atoms with van der Waals surface area (Å²) in [5.41, 5.74) is 21.0. The number of thiophene rings is 1. The molecule has 0 saturated carbocycles. The highest BCUT2D eigenvalue weighted by molar-refractivity contribution is 7.26. The second kappa shape index (κ2) is 16.2. The minimum absolute atomic E-state index is 0.592. The molecule has 0 atom stereocenters. The van der Waals surface area contributed by atoms with Crippen molar-refractivity contribution >= 4 is 65.6 Å². The van der Waals surface area contributed by atoms with Gasteiger partial charge in [-0.3, -0.25) is 0 Å². The van der Waals surface area contributed by atoms with Gasteiger partial charge in [0.25, 0.3) is 0 Å². The van der Waals surface area contributed by atoms with Crippen LogP contribution in [0.3, 0.4) is 0 Å². The van der Waals surface area contributed by atoms with Crippen LogP contribution in [0.15, 0.2) is 267 Å². The molecule has 0 N–H and O–H groups in total. The maximum absolute atomic E-state index is 2.52. The largest absolute Gasteiger partial charge is 0.310 e. The van der Waals surface area contributed by atoms with Crippen LogP contribution in [0.25, 0.3) is 64.7 Å². The topological polar surface area (TPSA) is 6.48 Å². The van der Waals surface area contributed by atoms with E-state index in [-0.39, 0.29) is 0 Å². The van der Waals surface area contributed by atoms with E-state index in [9.17, 15) is 0 Å². The van der Waals surface area contributed by atoms with E-state index in [1.165, 1.54) is 87.2 Å². The highest BCUT2D eigenvalue weighted by Crippen LogP contribution is 2.65. The van der Waals surface area contributed by atoms with Crippen LogP contribution in [0.2, 0.25) is 0 Å². The number of anilines is 6. The van der Waals surface area contributed by atoms with Crippen molar-refractivity contribution in [1.29, 1.82) is 0 Å². The number of hydrogen-bond donors (Lipinski definition) is 0. The number of nitrogens with zero attached hydrogens (tertiary/aromatic N) is 2. The smallest absolute Gasteiger partial charge is 0.0755 e. The van der Waals surface area contributed by atoms with Gasteiger partial charge in [-0.15, -0.1) is 11.3 Å². The molecule has 1 aliphatic carbocycles. The van der Waals surface area contributed by atoms with Gasteiger partial charge < -0.3 is 9.80 Å². The fraction of sp³-hybridized carbons (Fsp3) is 0.0149. The molecule has 0 radical (unpaired) electrons. The maximum atomic E-state index is 2.52. The van der Waals surface area contributed by atoms with Crippen molar-refractivity contribution in [3.8, 4) is 44.5 Å². The quantitative estimate of drug-likeness (QED) is 0.157. The third-order valence-corrected chi connectivity index (χ3v) is 15.9. The van der Waals surface area contributed by atoms with E-state index in [0.29, 0.717) is 0 Å². The summed E-state index contributed by atoms with van der Waals surface area (Å²) < 4.78 is 2.63. The van der Waals surface area contributed by atoms with E-state index in [2.05, 4.69) is 277 Å². The Kier molecular flexibility index (Phi) is 9.33. The second-order valence-electron chi connectivity index (χ2n) is 18.3. The van der Waals surface area contributed by atoms with E-state index >= 15 is 0 Å². The highest BCUT2D eigenvalue weighted by Gasteiger charge is 2.52. The van der Waals surface area contributed by atoms with Gasteiger partial charge in [0, 0.05) is 42.7 Å². The van der Waals surface area contributed by atoms with Crippen LogP contribution in [-0.4, -0.2) is 0 Å². The third kappa shape index (κ3) is 6.05. The summed E-state index contributed by atoms with van der Waals surface area (Å²) >= 11 is 1.88. The molecule has 1 spiro atoms. The van der Waals surface area contributed by atoms with E-state index in [4.69, 9.17) is 0 Å². The van der Waals surface area contributed by atoms with Gasteiger partial charge in [-0.2, -0.15) is 0 Å². The molecule has 11 aromatic carbocycles. The molecular formula is C67H44N2S. The zero-order valence-corrected chi connectivity index (χ0v) is 39.0. The molecule has 0 fully saturated rings. The molecule has 1 aromatic heterocycles. The van der Waals surface area contributed by atoms with Crippen LogP contribution >= 0.6 is 11.3 Å². The van der Waals surface area contributed by atoms with Gasteiger partial charge in [-0.25, -0.2) is 0 Å². The number of hydrogen-bond acceptors (Lipinski definition) is 3. The molecule has 3 heteroatoms. The number of fused-ring (bicyclic) bond motifs is 12. The molecule has 2 aliphatic rings. The molecule has 2 heterocycles. The summed E-state index contributed by atoms with van der Waals surface area (Å²) in [5, 5.41) is 2.62. The lowest BCUT2D eigenvalue weighted by atomic mass is 9.64. The summed E-state index contributed by atoms with van der Waals surface area (Å²) in [6.07, 6.45) is 0. The average molecular weight is 909 g/mol. The maximum Gasteiger partial charge on any atom is 0.0755 e. The van der Waals surface area contributed by atoms with Crippen molar-refractivity contribution < 1.29 is 0 Å². The minimum atomic E-state index is -0.592. The van der Waals surface area contributed by atoms with E-state index in [0.717, 1.165) is 33.9 Å². The molecule has 14 rings (SSSR count). The number of para-hydroxylation sites is 4. The summed E-state index contributed by atoms with van der Waals surface area (Å²) in [6.45, 7) is 0. The summed E-state index contributed by atoms with van der Waals surface area (Å²) in [7, 11) is 0. The lowest BCUT2D eigenvalue weighted by Gasteiger charge is -2.45. The zero-order chi connectivity index (χ0) is 46.2. The van der Waals surface area contributed by atoms with Crippen molar-refractivity contribution in [2.24, 2.45) is 0 Å². The van der Waals surface area contributed by atoms with Crippen LogP contribution in [0.5, 0.6) is 0 Å². The molecular weight excluding hydrogens is 865 g/mol. The van der Waals surface area contributed by atoms with Gasteiger partial charge in [0.1, 0.15) is 0 Å². The number of benzene rings is 11. The van der Waals surface area contributed by atoms with Gasteiger partial charge in [0.2, 0.25) is 0 Å². The first-order valence-electron chi connectivity index (χ1n) is 24.1. The van der Waals surface area contributed by atoms with Crippen molar-refractivity contribution in [2.75, 3.05) is 9.80 Å². The minimum Gasteiger partial charge on any atom is -0.310 e. The normalized spacial score (nSPS) is 12.9. The Labute approximate surface area is 412 Å². The zero-order valence-electron chi connectivity index (χ0n) is 38.2. The van der Waals surface area contributed by atoms with Crippen LogP contribution < -0.4 is 9.80 Å². The Hall–Kier alpha value is -8.76. The predicted molar refractivity (Wildman–Crippen MR) is 296 cm³/mol. The monoisotopic (exact) mass is 908 g/mol. The van der Waals surface area contributed by atoms with Gasteiger partial charge in [0.05, 0.1) is 28.2 Å². The van der Waals surface area contributed by atoms with Crippen LogP contribution in [0, 0.1) is 0 Å². The molecule has 12 aromatic rings. The van der Waals surface area contributed by atoms with Crippen molar-refractivity contribution in [1.82, 2.24) is 0 Å². The Morgan fingerprint density at radius 3 is 1.59 bits per heavy atom. The first-order valence-corrected chi connectivity index (χ1v) is 24.9. The van der Waals surface area contributed by atoms with Gasteiger partial charge in [0.15, 0.2) is 0 Å². The van der Waals surface area contributed by atoms with Crippen molar-refractivity contribution in [2.45, 2.75) is 5.41 Å². The lowest BCUT2D eigenvalue weighted by molar-refractivity contribution is 0.752. The van der Waals surface area contributed by atoms with Crippen molar-refractivity contribution in [3.63, 3.8) is 0 Å². The molecule has 2 nitrogen and oxygen atoms in total. The lowest BCUT2D eigenvalue weighted by Crippen LogP contribution is -2.36. The predicted octanol–water partition coefficient (Wildman–Crippen LogP) is 18.7. The average Bonchev–Trinajstić information content (AvgIpc) is 3.97. The molecule has 70 heavy (non-hydrogen) atoms. The third-order valence-electron chi connectivity index (χ3n) is 14.7. The summed E-state index contributed by atoms with van der Waals surface area (Å²) in [6, 6.07) is 98.6. The molecule has 0 bridgehead atoms. The Bertz CT molecular complexity index is 3900. The van der Waals surface area contributed by atoms with Crippen LogP contribution in [0.4, 0.5) is 34.1 Å². The Balaban J connectivity index is 1.00. The van der Waals surface area contributed by atoms with Crippen LogP contribution in [0.1, 0.15) is 22.3 Å². The molecule has 328 valence electrons. The van der Waals surface area contributed by atoms with Crippen molar-refractivity contribution in [3.05, 3.63) is 289 Å². The fourth-order valence-electron chi connectivity index (χ4n) is 11.7. The van der Waals surface area contributed by atoms with E-state index < -0.39 is 5.41 Å². The van der Waals surface area contributed by atoms with E-state index in [1.54, 1.807) is 0 Å². The molecule has 0 saturated heterocycles. The van der Waals surface area contributed by atoms with Gasteiger partial charge >= 0.3 is 0 Å². The first-order chi connectivity index (χ1) is 34.8. The second-order valence-corrected chi connectivity index (χ2v) is 19.4. The summed E-state index contributed by atoms with van der Waals surface area (Å²) in [5.74, 6) is 0. The SMILES string of the molecule is c1ccc(-c2ccc(-c3ccccc3N(c3ccc(-c4cccc5c4sc4ccccc45)cc3)c3cccc4c3-c3ccccc3C43c4ccccc4N(c4ccccc4)c4ccccc43)cc2)cc1. The molecule has 0 amide bonds. The summed E-state index contributed by atoms with van der Waals surface area (Å²) in [4.78, 5) is 4.97. The standard InChI is InChI=1S/C67H44N2S/c1-3-19-45(20-4-1)46-37-39-47(40-38-46)51-23-8-13-32-60(51)68(50-43-41-48(42-44-50)52-26-17-27-54-53-24-9-16-36-64(53)70-66(52)54)63-35-18-31-59-65(63)55-25-7-10-28-56(55)67(59)57-29-11-14-33-61(57)69(49-21-5-2-6-22-49)62-34-15-12-30-58(62)67/h1-44H. The number of rotatable bonds is 7. The Morgan fingerprint density at radius 1 is 0.329 bits per heavy atom. The molecule has 0 unspecified atom stereocenters. The van der Waals surface area contributed by atoms with Gasteiger partial charge in [-0.05, 0) is 110 Å². The van der Waals surface area contributed by atoms with Gasteiger partial charge in [-0.1, -0.05) is 212 Å². The first kappa shape index (κ1) is 40.3. The van der Waals surface area contributed by atoms with E-state index in [1.807, 2.05) is 11.3 Å². The molecule has 1 aliphatic heterocycles. The van der Waals surface area contributed by atoms with Crippen LogP contribution in [-0.2, 0) is 5.41 Å².